The van der Waals surface area contributed by atoms with E-state index in [4.69, 9.17) is 23.6 Å². The molecule has 0 rings (SSSR count). The molecule has 0 fully saturated rings. The Labute approximate surface area is 409 Å². The van der Waals surface area contributed by atoms with E-state index in [9.17, 15) is 24.2 Å². The Kier molecular flexibility index (Phi) is 49.3. The number of phosphoric ester groups is 1. The van der Waals surface area contributed by atoms with Crippen LogP contribution in [-0.4, -0.2) is 65.7 Å². The van der Waals surface area contributed by atoms with Crippen LogP contribution in [0.5, 0.6) is 0 Å². The van der Waals surface area contributed by atoms with Crippen molar-refractivity contribution in [3.05, 3.63) is 72.9 Å². The molecule has 0 saturated heterocycles. The van der Waals surface area contributed by atoms with Crippen LogP contribution in [0.4, 0.5) is 0 Å². The third-order valence-electron chi connectivity index (χ3n) is 11.3. The van der Waals surface area contributed by atoms with Gasteiger partial charge in [-0.15, -0.1) is 0 Å². The number of rotatable bonds is 50. The van der Waals surface area contributed by atoms with E-state index in [-0.39, 0.29) is 19.4 Å². The Balaban J connectivity index is 4.17. The molecule has 0 heterocycles. The number of esters is 2. The summed E-state index contributed by atoms with van der Waals surface area (Å²) >= 11 is 0. The lowest BCUT2D eigenvalue weighted by molar-refractivity contribution is -0.161. The molecule has 0 radical (unpaired) electrons. The third kappa shape index (κ3) is 51.1. The highest BCUT2D eigenvalue weighted by molar-refractivity contribution is 7.47. The minimum Gasteiger partial charge on any atom is -0.462 e. The zero-order valence-corrected chi connectivity index (χ0v) is 43.5. The molecule has 67 heavy (non-hydrogen) atoms. The largest absolute Gasteiger partial charge is 0.472 e. The molecule has 0 aliphatic heterocycles. The summed E-state index contributed by atoms with van der Waals surface area (Å²) in [6, 6.07) is 0. The van der Waals surface area contributed by atoms with Gasteiger partial charge >= 0.3 is 19.8 Å². The molecule has 3 N–H and O–H groups in total. The van der Waals surface area contributed by atoms with Gasteiger partial charge in [0.25, 0.3) is 0 Å². The van der Waals surface area contributed by atoms with Crippen molar-refractivity contribution in [2.75, 3.05) is 26.4 Å². The minimum absolute atomic E-state index is 0.175. The first-order valence-corrected chi connectivity index (χ1v) is 28.4. The number of hydrogen-bond donors (Lipinski definition) is 3. The molecular weight excluding hydrogens is 864 g/mol. The number of ether oxygens (including phenoxy) is 2. The lowest BCUT2D eigenvalue weighted by atomic mass is 10.0. The Morgan fingerprint density at radius 1 is 0.463 bits per heavy atom. The molecule has 0 bridgehead atoms. The van der Waals surface area contributed by atoms with Gasteiger partial charge in [-0.3, -0.25) is 18.6 Å². The van der Waals surface area contributed by atoms with Crippen LogP contribution in [0.25, 0.3) is 0 Å². The average Bonchev–Trinajstić information content (AvgIpc) is 3.32. The topological polar surface area (TPSA) is 149 Å². The normalized spacial score (nSPS) is 14.2. The quantitative estimate of drug-likeness (QED) is 0.0233. The minimum atomic E-state index is -4.63. The van der Waals surface area contributed by atoms with Gasteiger partial charge < -0.3 is 24.6 Å². The lowest BCUT2D eigenvalue weighted by Crippen LogP contribution is -2.29. The molecule has 388 valence electrons. The SMILES string of the molecule is CC/C=C\C/C=C\C/C=C\C/C=C\CCCCCCCCCCCCC(=O)OC(COC(=O)CCCCCCCCCCC/C=C\C/C=C\CCCCCCC)COP(=O)(O)OCC(O)CO. The Bertz CT molecular complexity index is 1340. The van der Waals surface area contributed by atoms with E-state index in [2.05, 4.69) is 86.8 Å². The predicted molar refractivity (Wildman–Crippen MR) is 279 cm³/mol. The van der Waals surface area contributed by atoms with Gasteiger partial charge in [-0.1, -0.05) is 209 Å². The summed E-state index contributed by atoms with van der Waals surface area (Å²) < 4.78 is 32.9. The van der Waals surface area contributed by atoms with E-state index >= 15 is 0 Å². The van der Waals surface area contributed by atoms with Gasteiger partial charge in [0.2, 0.25) is 0 Å². The second-order valence-corrected chi connectivity index (χ2v) is 19.3. The summed E-state index contributed by atoms with van der Waals surface area (Å²) in [5, 5.41) is 18.4. The van der Waals surface area contributed by atoms with Gasteiger partial charge in [-0.05, 0) is 83.5 Å². The van der Waals surface area contributed by atoms with Crippen LogP contribution >= 0.6 is 7.82 Å². The zero-order valence-electron chi connectivity index (χ0n) is 42.6. The first-order chi connectivity index (χ1) is 32.7. The maximum Gasteiger partial charge on any atom is 0.472 e. The molecule has 10 nitrogen and oxygen atoms in total. The number of hydrogen-bond acceptors (Lipinski definition) is 9. The summed E-state index contributed by atoms with van der Waals surface area (Å²) in [6.07, 6.45) is 61.5. The van der Waals surface area contributed by atoms with Gasteiger partial charge in [-0.25, -0.2) is 4.57 Å². The van der Waals surface area contributed by atoms with Crippen molar-refractivity contribution in [1.29, 1.82) is 0 Å². The number of aliphatic hydroxyl groups excluding tert-OH is 2. The van der Waals surface area contributed by atoms with Crippen molar-refractivity contribution in [3.63, 3.8) is 0 Å². The second kappa shape index (κ2) is 51.3. The molecular formula is C56H99O10P. The average molecular weight is 963 g/mol. The third-order valence-corrected chi connectivity index (χ3v) is 12.3. The molecule has 0 aromatic rings. The number of phosphoric acid groups is 1. The van der Waals surface area contributed by atoms with Gasteiger partial charge in [0.15, 0.2) is 6.10 Å². The van der Waals surface area contributed by atoms with Crippen molar-refractivity contribution in [2.24, 2.45) is 0 Å². The summed E-state index contributed by atoms with van der Waals surface area (Å²) in [6.45, 7) is 2.27. The second-order valence-electron chi connectivity index (χ2n) is 17.9. The fraction of sp³-hybridized carbons (Fsp3) is 0.750. The number of carbonyl (C=O) groups is 2. The highest BCUT2D eigenvalue weighted by Gasteiger charge is 2.27. The number of allylic oxidation sites excluding steroid dienone is 12. The van der Waals surface area contributed by atoms with E-state index in [1.807, 2.05) is 0 Å². The molecule has 0 aliphatic rings. The Morgan fingerprint density at radius 3 is 1.24 bits per heavy atom. The van der Waals surface area contributed by atoms with Crippen LogP contribution in [0.1, 0.15) is 232 Å². The van der Waals surface area contributed by atoms with Gasteiger partial charge in [0.1, 0.15) is 12.7 Å². The summed E-state index contributed by atoms with van der Waals surface area (Å²) in [5.41, 5.74) is 0. The van der Waals surface area contributed by atoms with E-state index in [0.29, 0.717) is 12.8 Å². The monoisotopic (exact) mass is 963 g/mol. The maximum atomic E-state index is 12.7. The van der Waals surface area contributed by atoms with Crippen LogP contribution in [0, 0.1) is 0 Å². The highest BCUT2D eigenvalue weighted by Crippen LogP contribution is 2.43. The molecule has 3 atom stereocenters. The molecule has 0 aliphatic carbocycles. The van der Waals surface area contributed by atoms with E-state index < -0.39 is 51.8 Å². The fourth-order valence-corrected chi connectivity index (χ4v) is 8.04. The van der Waals surface area contributed by atoms with E-state index in [1.165, 1.54) is 109 Å². The molecule has 0 aromatic carbocycles. The van der Waals surface area contributed by atoms with Crippen LogP contribution in [-0.2, 0) is 32.7 Å². The molecule has 0 saturated carbocycles. The lowest BCUT2D eigenvalue weighted by Gasteiger charge is -2.20. The van der Waals surface area contributed by atoms with Crippen molar-refractivity contribution in [2.45, 2.75) is 244 Å². The molecule has 3 unspecified atom stereocenters. The van der Waals surface area contributed by atoms with Gasteiger partial charge in [-0.2, -0.15) is 0 Å². The van der Waals surface area contributed by atoms with Gasteiger partial charge in [0, 0.05) is 12.8 Å². The zero-order chi connectivity index (χ0) is 49.0. The number of unbranched alkanes of at least 4 members (excludes halogenated alkanes) is 24. The van der Waals surface area contributed by atoms with Crippen LogP contribution in [0.3, 0.4) is 0 Å². The van der Waals surface area contributed by atoms with E-state index in [0.717, 1.165) is 83.5 Å². The summed E-state index contributed by atoms with van der Waals surface area (Å²) in [5.74, 6) is -0.932. The maximum absolute atomic E-state index is 12.7. The van der Waals surface area contributed by atoms with Crippen molar-refractivity contribution < 1.29 is 47.8 Å². The first kappa shape index (κ1) is 64.4. The predicted octanol–water partition coefficient (Wildman–Crippen LogP) is 15.6. The van der Waals surface area contributed by atoms with Crippen LogP contribution in [0.15, 0.2) is 72.9 Å². The summed E-state index contributed by atoms with van der Waals surface area (Å²) in [4.78, 5) is 35.3. The molecule has 0 aromatic heterocycles. The number of aliphatic hydroxyl groups is 2. The standard InChI is InChI=1S/C56H99O10P/c1-3-5-7-9-11-13-15-17-19-21-23-25-26-28-30-32-34-36-38-40-42-44-46-48-56(60)66-54(52-65-67(61,62)64-50-53(58)49-57)51-63-55(59)47-45-43-41-39-37-35-33-31-29-27-24-22-20-18-16-14-12-10-8-6-4-2/h5,7,11,13,16-19,22-25,53-54,57-58H,3-4,6,8-10,12,14-15,20-21,26-52H2,1-2H3,(H,61,62)/b7-5-,13-11-,18-16-,19-17-,24-22-,25-23-. The summed E-state index contributed by atoms with van der Waals surface area (Å²) in [7, 11) is -4.63. The Morgan fingerprint density at radius 2 is 0.821 bits per heavy atom. The van der Waals surface area contributed by atoms with E-state index in [1.54, 1.807) is 0 Å². The van der Waals surface area contributed by atoms with Crippen molar-refractivity contribution >= 4 is 19.8 Å². The molecule has 0 amide bonds. The first-order valence-electron chi connectivity index (χ1n) is 26.9. The van der Waals surface area contributed by atoms with Crippen molar-refractivity contribution in [3.8, 4) is 0 Å². The number of carbonyl (C=O) groups excluding carboxylic acids is 2. The van der Waals surface area contributed by atoms with Crippen molar-refractivity contribution in [1.82, 2.24) is 0 Å². The van der Waals surface area contributed by atoms with Gasteiger partial charge in [0.05, 0.1) is 19.8 Å². The fourth-order valence-electron chi connectivity index (χ4n) is 7.25. The highest BCUT2D eigenvalue weighted by atomic mass is 31.2. The molecule has 0 spiro atoms. The van der Waals surface area contributed by atoms with Crippen LogP contribution in [0.2, 0.25) is 0 Å². The molecule has 11 heteroatoms. The van der Waals surface area contributed by atoms with Crippen LogP contribution < -0.4 is 0 Å². The smallest absolute Gasteiger partial charge is 0.462 e. The Hall–Kier alpha value is -2.59.